The van der Waals surface area contributed by atoms with Crippen LogP contribution in [0.1, 0.15) is 36.7 Å². The zero-order valence-corrected chi connectivity index (χ0v) is 20.2. The van der Waals surface area contributed by atoms with Crippen molar-refractivity contribution in [1.29, 1.82) is 0 Å². The second kappa shape index (κ2) is 11.6. The van der Waals surface area contributed by atoms with Gasteiger partial charge in [-0.15, -0.1) is 0 Å². The highest BCUT2D eigenvalue weighted by Gasteiger charge is 2.46. The largest absolute Gasteiger partial charge is 0.463 e. The first-order valence-electron chi connectivity index (χ1n) is 11.6. The minimum absolute atomic E-state index is 0.0188. The van der Waals surface area contributed by atoms with Gasteiger partial charge in [-0.3, -0.25) is 9.59 Å². The number of aliphatic hydroxyl groups excluding tert-OH is 3. The molecule has 0 spiro atoms. The molecule has 190 valence electrons. The molecule has 1 aliphatic rings. The molecule has 5 N–H and O–H groups in total. The first kappa shape index (κ1) is 26.6. The van der Waals surface area contributed by atoms with Crippen LogP contribution in [-0.2, 0) is 16.0 Å². The summed E-state index contributed by atoms with van der Waals surface area (Å²) >= 11 is 0. The van der Waals surface area contributed by atoms with Gasteiger partial charge in [0.05, 0.1) is 6.61 Å². The van der Waals surface area contributed by atoms with Crippen LogP contribution in [0.5, 0.6) is 5.75 Å². The minimum Gasteiger partial charge on any atom is -0.463 e. The third kappa shape index (κ3) is 7.02. The van der Waals surface area contributed by atoms with E-state index in [1.165, 1.54) is 0 Å². The number of ether oxygens (including phenoxy) is 2. The van der Waals surface area contributed by atoms with Crippen LogP contribution in [-0.4, -0.2) is 70.9 Å². The van der Waals surface area contributed by atoms with Crippen LogP contribution in [0, 0.1) is 5.41 Å². The van der Waals surface area contributed by atoms with Gasteiger partial charge in [-0.05, 0) is 36.2 Å². The molecule has 9 heteroatoms. The van der Waals surface area contributed by atoms with Crippen molar-refractivity contribution in [2.75, 3.05) is 13.2 Å². The number of aliphatic hydroxyl groups is 3. The molecule has 3 rings (SSSR count). The van der Waals surface area contributed by atoms with Gasteiger partial charge in [0.2, 0.25) is 12.2 Å². The predicted octanol–water partition coefficient (Wildman–Crippen LogP) is 1.01. The Balaban J connectivity index is 1.66. The summed E-state index contributed by atoms with van der Waals surface area (Å²) < 4.78 is 11.6. The van der Waals surface area contributed by atoms with Gasteiger partial charge >= 0.3 is 0 Å². The SMILES string of the molecule is CC(C)(C)C(=O)NCCc1ccc(O[C@H]2OC(CO)[C@@H](O)[C@H](O)C2NC(=O)c2ccccc2)cc1. The molecule has 2 aromatic rings. The highest BCUT2D eigenvalue weighted by atomic mass is 16.7. The fourth-order valence-corrected chi connectivity index (χ4v) is 3.61. The smallest absolute Gasteiger partial charge is 0.251 e. The maximum atomic E-state index is 12.7. The topological polar surface area (TPSA) is 137 Å². The Bertz CT molecular complexity index is 975. The molecule has 1 saturated heterocycles. The van der Waals surface area contributed by atoms with Crippen molar-refractivity contribution in [2.24, 2.45) is 5.41 Å². The van der Waals surface area contributed by atoms with E-state index in [9.17, 15) is 24.9 Å². The van der Waals surface area contributed by atoms with Gasteiger partial charge in [0, 0.05) is 17.5 Å². The molecule has 5 atom stereocenters. The van der Waals surface area contributed by atoms with Crippen LogP contribution in [0.3, 0.4) is 0 Å². The van der Waals surface area contributed by atoms with Crippen LogP contribution in [0.15, 0.2) is 54.6 Å². The van der Waals surface area contributed by atoms with E-state index in [2.05, 4.69) is 10.6 Å². The molecular formula is C26H34N2O7. The average molecular weight is 487 g/mol. The van der Waals surface area contributed by atoms with Gasteiger partial charge in [-0.25, -0.2) is 0 Å². The zero-order chi connectivity index (χ0) is 25.6. The molecule has 0 bridgehead atoms. The van der Waals surface area contributed by atoms with Gasteiger partial charge in [0.15, 0.2) is 0 Å². The van der Waals surface area contributed by atoms with E-state index in [1.54, 1.807) is 42.5 Å². The first-order chi connectivity index (χ1) is 16.6. The quantitative estimate of drug-likeness (QED) is 0.375. The minimum atomic E-state index is -1.43. The molecule has 0 radical (unpaired) electrons. The summed E-state index contributed by atoms with van der Waals surface area (Å²) in [6.07, 6.45) is -4.44. The monoisotopic (exact) mass is 486 g/mol. The van der Waals surface area contributed by atoms with Crippen LogP contribution < -0.4 is 15.4 Å². The van der Waals surface area contributed by atoms with Crippen LogP contribution >= 0.6 is 0 Å². The first-order valence-corrected chi connectivity index (χ1v) is 11.6. The summed E-state index contributed by atoms with van der Waals surface area (Å²) in [6, 6.07) is 14.5. The Morgan fingerprint density at radius 1 is 1.00 bits per heavy atom. The standard InChI is InChI=1S/C26H34N2O7/c1-26(2,3)25(33)27-14-13-16-9-11-18(12-10-16)34-24-20(22(31)21(30)19(15-29)35-24)28-23(32)17-7-5-4-6-8-17/h4-12,19-22,24,29-31H,13-15H2,1-3H3,(H,27,33)(H,28,32)/t19?,20?,21-,22-,24+/m1/s1. The molecular weight excluding hydrogens is 452 g/mol. The lowest BCUT2D eigenvalue weighted by Crippen LogP contribution is -2.65. The maximum absolute atomic E-state index is 12.7. The van der Waals surface area contributed by atoms with E-state index in [4.69, 9.17) is 9.47 Å². The Morgan fingerprint density at radius 2 is 1.66 bits per heavy atom. The van der Waals surface area contributed by atoms with Crippen molar-refractivity contribution >= 4 is 11.8 Å². The molecule has 2 unspecified atom stereocenters. The van der Waals surface area contributed by atoms with Crippen LogP contribution in [0.2, 0.25) is 0 Å². The third-order valence-corrected chi connectivity index (χ3v) is 5.77. The number of amides is 2. The molecule has 9 nitrogen and oxygen atoms in total. The van der Waals surface area contributed by atoms with E-state index in [-0.39, 0.29) is 5.91 Å². The van der Waals surface area contributed by atoms with Crippen molar-refractivity contribution in [3.8, 4) is 5.75 Å². The lowest BCUT2D eigenvalue weighted by atomic mass is 9.95. The molecule has 1 fully saturated rings. The second-order valence-electron chi connectivity index (χ2n) is 9.59. The number of carbonyl (C=O) groups is 2. The van der Waals surface area contributed by atoms with E-state index in [0.29, 0.717) is 24.3 Å². The average Bonchev–Trinajstić information content (AvgIpc) is 2.84. The van der Waals surface area contributed by atoms with Gasteiger partial charge in [-0.1, -0.05) is 51.1 Å². The number of benzene rings is 2. The van der Waals surface area contributed by atoms with Crippen LogP contribution in [0.4, 0.5) is 0 Å². The molecule has 0 aliphatic carbocycles. The number of rotatable bonds is 8. The molecule has 2 aromatic carbocycles. The maximum Gasteiger partial charge on any atom is 0.251 e. The zero-order valence-electron chi connectivity index (χ0n) is 20.2. The lowest BCUT2D eigenvalue weighted by molar-refractivity contribution is -0.243. The van der Waals surface area contributed by atoms with E-state index in [1.807, 2.05) is 32.9 Å². The lowest BCUT2D eigenvalue weighted by Gasteiger charge is -2.42. The summed E-state index contributed by atoms with van der Waals surface area (Å²) in [7, 11) is 0. The fourth-order valence-electron chi connectivity index (χ4n) is 3.61. The molecule has 35 heavy (non-hydrogen) atoms. The predicted molar refractivity (Wildman–Crippen MR) is 129 cm³/mol. The van der Waals surface area contributed by atoms with E-state index < -0.39 is 48.6 Å². The Hall–Kier alpha value is -2.98. The second-order valence-corrected chi connectivity index (χ2v) is 9.59. The van der Waals surface area contributed by atoms with Crippen LogP contribution in [0.25, 0.3) is 0 Å². The van der Waals surface area contributed by atoms with E-state index in [0.717, 1.165) is 5.56 Å². The van der Waals surface area contributed by atoms with Crippen molar-refractivity contribution in [3.05, 3.63) is 65.7 Å². The summed E-state index contributed by atoms with van der Waals surface area (Å²) in [5.41, 5.74) is 0.906. The highest BCUT2D eigenvalue weighted by Crippen LogP contribution is 2.25. The number of carbonyl (C=O) groups excluding carboxylic acids is 2. The summed E-state index contributed by atoms with van der Waals surface area (Å²) in [4.78, 5) is 24.7. The third-order valence-electron chi connectivity index (χ3n) is 5.77. The molecule has 0 saturated carbocycles. The summed E-state index contributed by atoms with van der Waals surface area (Å²) in [5, 5.41) is 36.1. The van der Waals surface area contributed by atoms with Gasteiger partial charge in [0.1, 0.15) is 30.1 Å². The van der Waals surface area contributed by atoms with Crippen molar-refractivity contribution in [3.63, 3.8) is 0 Å². The number of nitrogens with one attached hydrogen (secondary N) is 2. The van der Waals surface area contributed by atoms with Gasteiger partial charge in [0.25, 0.3) is 5.91 Å². The summed E-state index contributed by atoms with van der Waals surface area (Å²) in [5.74, 6) is -0.0689. The molecule has 2 amide bonds. The van der Waals surface area contributed by atoms with Crippen molar-refractivity contribution in [1.82, 2.24) is 10.6 Å². The Morgan fingerprint density at radius 3 is 2.26 bits per heavy atom. The molecule has 1 aliphatic heterocycles. The van der Waals surface area contributed by atoms with Crippen molar-refractivity contribution in [2.45, 2.75) is 57.8 Å². The van der Waals surface area contributed by atoms with Gasteiger partial charge in [-0.2, -0.15) is 0 Å². The van der Waals surface area contributed by atoms with Crippen molar-refractivity contribution < 1.29 is 34.4 Å². The number of hydrogen-bond acceptors (Lipinski definition) is 7. The molecule has 1 heterocycles. The van der Waals surface area contributed by atoms with E-state index >= 15 is 0 Å². The Kier molecular flexibility index (Phi) is 8.85. The summed E-state index contributed by atoms with van der Waals surface area (Å²) in [6.45, 7) is 5.53. The molecule has 0 aromatic heterocycles. The fraction of sp³-hybridized carbons (Fsp3) is 0.462. The normalized spacial score (nSPS) is 24.5. The number of hydrogen-bond donors (Lipinski definition) is 5. The highest BCUT2D eigenvalue weighted by molar-refractivity contribution is 5.94. The van der Waals surface area contributed by atoms with Gasteiger partial charge < -0.3 is 35.4 Å². The Labute approximate surface area is 205 Å².